The SMILES string of the molecule is CC(C)(C)C1(O)CCN(CC23CC(c4ccccc42)c2ccc(Cl)cc23)CC1.[Br-].[Li+]. The normalized spacial score (nSPS) is 26.4. The van der Waals surface area contributed by atoms with E-state index in [9.17, 15) is 5.11 Å². The molecule has 1 aliphatic heterocycles. The zero-order valence-electron chi connectivity index (χ0n) is 18.5. The van der Waals surface area contributed by atoms with Crippen LogP contribution in [-0.2, 0) is 5.41 Å². The molecule has 1 heterocycles. The van der Waals surface area contributed by atoms with Crippen molar-refractivity contribution in [3.63, 3.8) is 0 Å². The standard InChI is InChI=1S/C25H30ClNO.BrH.Li/c1-23(2,3)25(28)10-12-27(13-11-25)16-24-15-20(18-6-4-5-7-21(18)24)19-9-8-17(26)14-22(19)24;;/h4-9,14,20,28H,10-13,15-16H2,1-3H3;1H;/q;;+1/p-1. The summed E-state index contributed by atoms with van der Waals surface area (Å²) in [6, 6.07) is 15.5. The van der Waals surface area contributed by atoms with Gasteiger partial charge in [0.1, 0.15) is 0 Å². The van der Waals surface area contributed by atoms with Gasteiger partial charge in [-0.1, -0.05) is 62.7 Å². The molecule has 30 heavy (non-hydrogen) atoms. The van der Waals surface area contributed by atoms with Gasteiger partial charge < -0.3 is 27.0 Å². The molecule has 2 aromatic carbocycles. The van der Waals surface area contributed by atoms with Crippen LogP contribution in [0, 0.1) is 5.41 Å². The van der Waals surface area contributed by atoms with Gasteiger partial charge in [0.25, 0.3) is 0 Å². The van der Waals surface area contributed by atoms with E-state index in [0.29, 0.717) is 5.92 Å². The summed E-state index contributed by atoms with van der Waals surface area (Å²) in [5.74, 6) is 0.500. The molecule has 2 bridgehead atoms. The van der Waals surface area contributed by atoms with Crippen molar-refractivity contribution in [1.82, 2.24) is 4.90 Å². The van der Waals surface area contributed by atoms with Crippen molar-refractivity contribution < 1.29 is 40.9 Å². The number of rotatable bonds is 2. The molecule has 1 saturated heterocycles. The minimum absolute atomic E-state index is 0. The largest absolute Gasteiger partial charge is 1.00 e. The summed E-state index contributed by atoms with van der Waals surface area (Å²) in [7, 11) is 0. The van der Waals surface area contributed by atoms with Crippen LogP contribution >= 0.6 is 11.6 Å². The van der Waals surface area contributed by atoms with Crippen molar-refractivity contribution in [2.75, 3.05) is 19.6 Å². The molecule has 0 radical (unpaired) electrons. The van der Waals surface area contributed by atoms with E-state index in [1.807, 2.05) is 6.07 Å². The van der Waals surface area contributed by atoms with Crippen LogP contribution in [-0.4, -0.2) is 35.2 Å². The molecule has 2 unspecified atom stereocenters. The van der Waals surface area contributed by atoms with E-state index in [-0.39, 0.29) is 46.7 Å². The number of benzene rings is 2. The predicted octanol–water partition coefficient (Wildman–Crippen LogP) is -0.644. The number of aliphatic hydroxyl groups is 1. The number of hydrogen-bond donors (Lipinski definition) is 1. The number of nitrogens with zero attached hydrogens (tertiary/aromatic N) is 1. The minimum Gasteiger partial charge on any atom is -1.00 e. The zero-order chi connectivity index (χ0) is 19.7. The van der Waals surface area contributed by atoms with Gasteiger partial charge in [0, 0.05) is 36.0 Å². The van der Waals surface area contributed by atoms with Gasteiger partial charge in [0.2, 0.25) is 0 Å². The molecule has 2 aliphatic carbocycles. The van der Waals surface area contributed by atoms with Crippen LogP contribution in [0.4, 0.5) is 0 Å². The van der Waals surface area contributed by atoms with Crippen molar-refractivity contribution in [3.05, 3.63) is 69.7 Å². The summed E-state index contributed by atoms with van der Waals surface area (Å²) in [5, 5.41) is 12.0. The second-order valence-corrected chi connectivity index (χ2v) is 10.7. The van der Waals surface area contributed by atoms with Crippen LogP contribution in [0.1, 0.15) is 68.2 Å². The van der Waals surface area contributed by atoms with Crippen LogP contribution in [0.15, 0.2) is 42.5 Å². The first kappa shape index (κ1) is 24.4. The van der Waals surface area contributed by atoms with E-state index in [2.05, 4.69) is 62.1 Å². The molecule has 1 N–H and O–H groups in total. The molecule has 2 atom stereocenters. The maximum absolute atomic E-state index is 11.1. The fraction of sp³-hybridized carbons (Fsp3) is 0.520. The summed E-state index contributed by atoms with van der Waals surface area (Å²) < 4.78 is 0. The summed E-state index contributed by atoms with van der Waals surface area (Å²) in [6.45, 7) is 9.42. The molecule has 0 amide bonds. The van der Waals surface area contributed by atoms with Crippen LogP contribution < -0.4 is 35.8 Å². The summed E-state index contributed by atoms with van der Waals surface area (Å²) in [6.07, 6.45) is 2.85. The Bertz CT molecular complexity index is 935. The second-order valence-electron chi connectivity index (χ2n) is 10.2. The molecule has 0 saturated carbocycles. The fourth-order valence-corrected chi connectivity index (χ4v) is 6.20. The Morgan fingerprint density at radius 3 is 2.33 bits per heavy atom. The molecule has 2 nitrogen and oxygen atoms in total. The van der Waals surface area contributed by atoms with Crippen LogP contribution in [0.25, 0.3) is 0 Å². The van der Waals surface area contributed by atoms with Gasteiger partial charge in [-0.3, -0.25) is 0 Å². The first-order chi connectivity index (χ1) is 13.2. The van der Waals surface area contributed by atoms with Gasteiger partial charge in [-0.2, -0.15) is 0 Å². The fourth-order valence-electron chi connectivity index (χ4n) is 6.03. The number of piperidine rings is 1. The van der Waals surface area contributed by atoms with Gasteiger partial charge in [-0.15, -0.1) is 0 Å². The topological polar surface area (TPSA) is 23.5 Å². The van der Waals surface area contributed by atoms with Gasteiger partial charge >= 0.3 is 18.9 Å². The van der Waals surface area contributed by atoms with Crippen LogP contribution in [0.3, 0.4) is 0 Å². The molecule has 5 rings (SSSR count). The quantitative estimate of drug-likeness (QED) is 0.576. The first-order valence-electron chi connectivity index (χ1n) is 10.6. The molecular formula is C25H30BrClLiNO. The minimum atomic E-state index is -0.561. The Hall–Kier alpha value is -0.273. The molecule has 1 fully saturated rings. The van der Waals surface area contributed by atoms with Gasteiger partial charge in [-0.25, -0.2) is 0 Å². The number of halogens is 2. The smallest absolute Gasteiger partial charge is 1.00 e. The van der Waals surface area contributed by atoms with E-state index in [4.69, 9.17) is 11.6 Å². The summed E-state index contributed by atoms with van der Waals surface area (Å²) in [5.41, 5.74) is 5.29. The average Bonchev–Trinajstić information content (AvgIpc) is 3.14. The zero-order valence-corrected chi connectivity index (χ0v) is 20.9. The molecule has 156 valence electrons. The molecule has 5 heteroatoms. The van der Waals surface area contributed by atoms with Gasteiger partial charge in [0.05, 0.1) is 5.60 Å². The van der Waals surface area contributed by atoms with Crippen LogP contribution in [0.5, 0.6) is 0 Å². The Kier molecular flexibility index (Phi) is 6.71. The van der Waals surface area contributed by atoms with E-state index < -0.39 is 5.60 Å². The Morgan fingerprint density at radius 1 is 1.03 bits per heavy atom. The van der Waals surface area contributed by atoms with Crippen molar-refractivity contribution in [2.24, 2.45) is 5.41 Å². The maximum atomic E-state index is 11.1. The number of fused-ring (bicyclic) bond motifs is 8. The van der Waals surface area contributed by atoms with Crippen molar-refractivity contribution in [2.45, 2.75) is 57.0 Å². The van der Waals surface area contributed by atoms with Crippen molar-refractivity contribution in [3.8, 4) is 0 Å². The predicted molar refractivity (Wildman–Crippen MR) is 115 cm³/mol. The van der Waals surface area contributed by atoms with E-state index in [1.54, 1.807) is 0 Å². The molecular weight excluding hydrogens is 453 g/mol. The summed E-state index contributed by atoms with van der Waals surface area (Å²) in [4.78, 5) is 2.58. The summed E-state index contributed by atoms with van der Waals surface area (Å²) >= 11 is 6.43. The Morgan fingerprint density at radius 2 is 1.67 bits per heavy atom. The number of hydrogen-bond acceptors (Lipinski definition) is 2. The first-order valence-corrected chi connectivity index (χ1v) is 11.0. The average molecular weight is 483 g/mol. The molecule has 0 spiro atoms. The molecule has 3 aliphatic rings. The van der Waals surface area contributed by atoms with Gasteiger partial charge in [0.15, 0.2) is 0 Å². The van der Waals surface area contributed by atoms with E-state index in [0.717, 1.165) is 43.9 Å². The Labute approximate surface area is 208 Å². The molecule has 0 aromatic heterocycles. The third-order valence-corrected chi connectivity index (χ3v) is 8.12. The third-order valence-electron chi connectivity index (χ3n) is 7.88. The van der Waals surface area contributed by atoms with Crippen molar-refractivity contribution >= 4 is 11.6 Å². The van der Waals surface area contributed by atoms with Gasteiger partial charge in [-0.05, 0) is 59.1 Å². The Balaban J connectivity index is 0.00000128. The monoisotopic (exact) mass is 481 g/mol. The molecule has 2 aromatic rings. The van der Waals surface area contributed by atoms with E-state index >= 15 is 0 Å². The number of likely N-dealkylation sites (tertiary alicyclic amines) is 1. The third kappa shape index (κ3) is 3.55. The van der Waals surface area contributed by atoms with Crippen molar-refractivity contribution in [1.29, 1.82) is 0 Å². The maximum Gasteiger partial charge on any atom is 1.00 e. The second kappa shape index (κ2) is 8.25. The van der Waals surface area contributed by atoms with E-state index in [1.165, 1.54) is 22.3 Å². The van der Waals surface area contributed by atoms with Crippen LogP contribution in [0.2, 0.25) is 5.02 Å².